The van der Waals surface area contributed by atoms with Gasteiger partial charge < -0.3 is 9.64 Å². The van der Waals surface area contributed by atoms with Gasteiger partial charge in [0.15, 0.2) is 5.82 Å². The summed E-state index contributed by atoms with van der Waals surface area (Å²) in [5, 5.41) is 13.4. The third-order valence-corrected chi connectivity index (χ3v) is 6.08. The van der Waals surface area contributed by atoms with E-state index < -0.39 is 6.04 Å². The molecular formula is C21H24ClN7O2. The monoisotopic (exact) mass is 441 g/mol. The van der Waals surface area contributed by atoms with Crippen molar-refractivity contribution in [2.45, 2.75) is 31.2 Å². The highest BCUT2D eigenvalue weighted by atomic mass is 35.5. The number of fused-ring (bicyclic) bond motifs is 3. The van der Waals surface area contributed by atoms with Crippen molar-refractivity contribution in [2.24, 2.45) is 12.0 Å². The number of aliphatic imine (C=N–C) groups is 1. The third-order valence-electron chi connectivity index (χ3n) is 5.76. The molecule has 0 radical (unpaired) electrons. The molecule has 0 bridgehead atoms. The van der Waals surface area contributed by atoms with E-state index in [1.807, 2.05) is 41.8 Å². The zero-order valence-electron chi connectivity index (χ0n) is 17.5. The fourth-order valence-corrected chi connectivity index (χ4v) is 4.36. The molecule has 2 aromatic heterocycles. The van der Waals surface area contributed by atoms with Gasteiger partial charge in [0, 0.05) is 26.3 Å². The number of allylic oxidation sites excluding steroid dienone is 4. The van der Waals surface area contributed by atoms with Crippen molar-refractivity contribution in [3.05, 3.63) is 47.3 Å². The van der Waals surface area contributed by atoms with Gasteiger partial charge in [-0.1, -0.05) is 18.2 Å². The van der Waals surface area contributed by atoms with Crippen LogP contribution in [0.1, 0.15) is 36.2 Å². The van der Waals surface area contributed by atoms with Gasteiger partial charge in [0.1, 0.15) is 17.6 Å². The van der Waals surface area contributed by atoms with Crippen LogP contribution < -0.4 is 0 Å². The first-order valence-electron chi connectivity index (χ1n) is 10.4. The molecule has 10 heteroatoms. The molecule has 1 saturated heterocycles. The summed E-state index contributed by atoms with van der Waals surface area (Å²) in [5.41, 5.74) is 3.32. The number of morpholine rings is 1. The summed E-state index contributed by atoms with van der Waals surface area (Å²) < 4.78 is 9.11. The van der Waals surface area contributed by atoms with E-state index in [2.05, 4.69) is 16.3 Å². The van der Waals surface area contributed by atoms with Crippen LogP contribution in [-0.2, 0) is 16.6 Å². The largest absolute Gasteiger partial charge is 0.378 e. The van der Waals surface area contributed by atoms with Crippen molar-refractivity contribution in [2.75, 3.05) is 26.3 Å². The van der Waals surface area contributed by atoms with E-state index in [-0.39, 0.29) is 17.7 Å². The minimum absolute atomic E-state index is 0.0288. The minimum Gasteiger partial charge on any atom is -0.378 e. The highest BCUT2D eigenvalue weighted by molar-refractivity contribution is 6.22. The van der Waals surface area contributed by atoms with E-state index in [9.17, 15) is 4.79 Å². The number of alkyl halides is 1. The number of aromatic nitrogens is 5. The fraction of sp³-hybridized carbons (Fsp3) is 0.476. The number of hydrogen-bond acceptors (Lipinski definition) is 6. The maximum absolute atomic E-state index is 13.1. The lowest BCUT2D eigenvalue weighted by Gasteiger charge is -2.27. The van der Waals surface area contributed by atoms with E-state index in [1.165, 1.54) is 0 Å². The number of amides is 1. The molecule has 1 fully saturated rings. The van der Waals surface area contributed by atoms with Gasteiger partial charge in [0.2, 0.25) is 5.91 Å². The number of hydrogen-bond donors (Lipinski definition) is 0. The smallest absolute Gasteiger partial charge is 0.225 e. The predicted molar refractivity (Wildman–Crippen MR) is 116 cm³/mol. The summed E-state index contributed by atoms with van der Waals surface area (Å²) in [4.78, 5) is 19.9. The normalized spacial score (nSPS) is 23.0. The fourth-order valence-electron chi connectivity index (χ4n) is 4.20. The molecule has 2 aliphatic heterocycles. The van der Waals surface area contributed by atoms with Gasteiger partial charge in [0.05, 0.1) is 36.4 Å². The van der Waals surface area contributed by atoms with E-state index in [1.54, 1.807) is 4.68 Å². The maximum Gasteiger partial charge on any atom is 0.225 e. The quantitative estimate of drug-likeness (QED) is 0.678. The van der Waals surface area contributed by atoms with Crippen molar-refractivity contribution in [1.29, 1.82) is 0 Å². The second kappa shape index (κ2) is 8.05. The molecule has 0 N–H and O–H groups in total. The molecule has 0 aromatic carbocycles. The SMILES string of the molecule is Cc1nnc2n1-c1cn(C)nc1C(C1=CCC(Cl)C=C1)=NC2CC(=O)N1CCOCC1. The molecule has 2 atom stereocenters. The van der Waals surface area contributed by atoms with Gasteiger partial charge in [-0.2, -0.15) is 5.10 Å². The number of rotatable bonds is 3. The number of halogens is 1. The summed E-state index contributed by atoms with van der Waals surface area (Å²) in [6.45, 7) is 4.22. The Labute approximate surface area is 185 Å². The Hall–Kier alpha value is -2.78. The van der Waals surface area contributed by atoms with Crippen LogP contribution in [0, 0.1) is 6.92 Å². The first-order chi connectivity index (χ1) is 15.0. The lowest BCUT2D eigenvalue weighted by molar-refractivity contribution is -0.135. The summed E-state index contributed by atoms with van der Waals surface area (Å²) >= 11 is 6.24. The molecule has 31 heavy (non-hydrogen) atoms. The van der Waals surface area contributed by atoms with E-state index in [4.69, 9.17) is 26.4 Å². The van der Waals surface area contributed by atoms with Crippen LogP contribution in [0.3, 0.4) is 0 Å². The van der Waals surface area contributed by atoms with Crippen LogP contribution in [0.5, 0.6) is 0 Å². The highest BCUT2D eigenvalue weighted by Gasteiger charge is 2.33. The van der Waals surface area contributed by atoms with Gasteiger partial charge in [-0.15, -0.1) is 21.8 Å². The third kappa shape index (κ3) is 3.72. The Morgan fingerprint density at radius 1 is 1.29 bits per heavy atom. The molecule has 0 saturated carbocycles. The van der Waals surface area contributed by atoms with Crippen LogP contribution in [0.15, 0.2) is 35.0 Å². The lowest BCUT2D eigenvalue weighted by Crippen LogP contribution is -2.41. The molecule has 1 aliphatic carbocycles. The number of nitrogens with zero attached hydrogens (tertiary/aromatic N) is 7. The predicted octanol–water partition coefficient (Wildman–Crippen LogP) is 1.90. The van der Waals surface area contributed by atoms with E-state index in [0.717, 1.165) is 34.9 Å². The Balaban J connectivity index is 1.59. The summed E-state index contributed by atoms with van der Waals surface area (Å²) in [6.07, 6.45) is 8.90. The maximum atomic E-state index is 13.1. The zero-order valence-corrected chi connectivity index (χ0v) is 18.3. The van der Waals surface area contributed by atoms with Crippen LogP contribution >= 0.6 is 11.6 Å². The number of aryl methyl sites for hydroxylation is 2. The molecule has 2 aromatic rings. The van der Waals surface area contributed by atoms with Gasteiger partial charge >= 0.3 is 0 Å². The lowest BCUT2D eigenvalue weighted by atomic mass is 9.99. The summed E-state index contributed by atoms with van der Waals surface area (Å²) in [5.74, 6) is 1.43. The van der Waals surface area contributed by atoms with Crippen LogP contribution in [0.25, 0.3) is 5.69 Å². The Kier molecular flexibility index (Phi) is 5.23. The second-order valence-electron chi connectivity index (χ2n) is 7.94. The number of ether oxygens (including phenoxy) is 1. The summed E-state index contributed by atoms with van der Waals surface area (Å²) in [6, 6.07) is -0.464. The standard InChI is InChI=1S/C21H24ClN7O2/c1-13-24-25-21-16(11-18(30)28-7-9-31-10-8-28)23-19(14-3-5-15(22)6-4-14)20-17(29(13)21)12-27(2)26-20/h3-5,12,15-16H,6-11H2,1-2H3. The molecule has 162 valence electrons. The van der Waals surface area contributed by atoms with Crippen molar-refractivity contribution in [3.63, 3.8) is 0 Å². The van der Waals surface area contributed by atoms with Crippen molar-refractivity contribution in [3.8, 4) is 5.69 Å². The van der Waals surface area contributed by atoms with Crippen LogP contribution in [0.2, 0.25) is 0 Å². The molecule has 1 amide bonds. The van der Waals surface area contributed by atoms with Crippen molar-refractivity contribution >= 4 is 23.2 Å². The Morgan fingerprint density at radius 3 is 2.84 bits per heavy atom. The Morgan fingerprint density at radius 2 is 2.10 bits per heavy atom. The van der Waals surface area contributed by atoms with Crippen molar-refractivity contribution in [1.82, 2.24) is 29.4 Å². The first-order valence-corrected chi connectivity index (χ1v) is 10.9. The molecule has 5 rings (SSSR count). The molecule has 0 spiro atoms. The van der Waals surface area contributed by atoms with E-state index >= 15 is 0 Å². The molecule has 3 aliphatic rings. The summed E-state index contributed by atoms with van der Waals surface area (Å²) in [7, 11) is 1.88. The van der Waals surface area contributed by atoms with Crippen LogP contribution in [0.4, 0.5) is 0 Å². The van der Waals surface area contributed by atoms with Crippen molar-refractivity contribution < 1.29 is 9.53 Å². The Bertz CT molecular complexity index is 1110. The topological polar surface area (TPSA) is 90.4 Å². The van der Waals surface area contributed by atoms with E-state index in [0.29, 0.717) is 32.1 Å². The van der Waals surface area contributed by atoms with Gasteiger partial charge in [0.25, 0.3) is 0 Å². The van der Waals surface area contributed by atoms with Crippen LogP contribution in [-0.4, -0.2) is 72.7 Å². The first kappa shape index (κ1) is 20.1. The molecule has 4 heterocycles. The van der Waals surface area contributed by atoms with Gasteiger partial charge in [-0.25, -0.2) is 0 Å². The van der Waals surface area contributed by atoms with Gasteiger partial charge in [-0.05, 0) is 18.9 Å². The van der Waals surface area contributed by atoms with Gasteiger partial charge in [-0.3, -0.25) is 19.0 Å². The molecule has 9 nitrogen and oxygen atoms in total. The number of carbonyl (C=O) groups excluding carboxylic acids is 1. The average molecular weight is 442 g/mol. The molecular weight excluding hydrogens is 418 g/mol. The minimum atomic E-state index is -0.464. The zero-order chi connectivity index (χ0) is 21.5. The average Bonchev–Trinajstić information content (AvgIpc) is 3.31. The number of carbonyl (C=O) groups is 1. The highest BCUT2D eigenvalue weighted by Crippen LogP contribution is 2.33. The second-order valence-corrected chi connectivity index (χ2v) is 8.50. The molecule has 2 unspecified atom stereocenters.